The minimum absolute atomic E-state index is 0.147. The van der Waals surface area contributed by atoms with Gasteiger partial charge in [0, 0.05) is 24.4 Å². The van der Waals surface area contributed by atoms with Crippen molar-refractivity contribution in [2.75, 3.05) is 26.3 Å². The van der Waals surface area contributed by atoms with E-state index in [1.165, 1.54) is 0 Å². The normalized spacial score (nSPS) is 16.0. The molecular formula is C18H24N4O4. The first-order valence-corrected chi connectivity index (χ1v) is 8.43. The van der Waals surface area contributed by atoms with Crippen molar-refractivity contribution < 1.29 is 19.1 Å². The number of rotatable bonds is 9. The molecule has 1 N–H and O–H groups in total. The highest BCUT2D eigenvalue weighted by Crippen LogP contribution is 2.23. The predicted octanol–water partition coefficient (Wildman–Crippen LogP) is 1.12. The third-order valence-electron chi connectivity index (χ3n) is 3.56. The van der Waals surface area contributed by atoms with Crippen LogP contribution in [0.5, 0.6) is 5.88 Å². The summed E-state index contributed by atoms with van der Waals surface area (Å²) in [5.41, 5.74) is 0.879. The minimum atomic E-state index is -0.338. The Kier molecular flexibility index (Phi) is 6.85. The van der Waals surface area contributed by atoms with Crippen molar-refractivity contribution in [2.45, 2.75) is 26.4 Å². The number of pyridine rings is 1. The molecule has 1 fully saturated rings. The molecule has 26 heavy (non-hydrogen) atoms. The maximum atomic E-state index is 11.7. The summed E-state index contributed by atoms with van der Waals surface area (Å²) in [7, 11) is 0. The van der Waals surface area contributed by atoms with Crippen molar-refractivity contribution >= 4 is 18.0 Å². The Morgan fingerprint density at radius 1 is 1.50 bits per heavy atom. The van der Waals surface area contributed by atoms with Gasteiger partial charge < -0.3 is 14.8 Å². The lowest BCUT2D eigenvalue weighted by Gasteiger charge is -2.37. The van der Waals surface area contributed by atoms with Gasteiger partial charge in [0.2, 0.25) is 18.2 Å². The number of allylic oxidation sites excluding steroid dienone is 2. The van der Waals surface area contributed by atoms with E-state index in [0.29, 0.717) is 43.3 Å². The molecule has 1 aromatic rings. The number of hydrogen-bond acceptors (Lipinski definition) is 6. The van der Waals surface area contributed by atoms with Gasteiger partial charge in [0.25, 0.3) is 0 Å². The van der Waals surface area contributed by atoms with E-state index in [1.54, 1.807) is 30.5 Å². The van der Waals surface area contributed by atoms with E-state index in [-0.39, 0.29) is 18.1 Å². The molecule has 0 spiro atoms. The number of nitrogens with one attached hydrogen (secondary N) is 1. The second kappa shape index (κ2) is 9.10. The molecule has 2 rings (SSSR count). The molecule has 1 aliphatic rings. The van der Waals surface area contributed by atoms with Crippen LogP contribution in [0.25, 0.3) is 0 Å². The van der Waals surface area contributed by atoms with E-state index in [9.17, 15) is 9.59 Å². The summed E-state index contributed by atoms with van der Waals surface area (Å²) in [6, 6.07) is 3.55. The number of carbonyl (C=O) groups is 2. The van der Waals surface area contributed by atoms with Gasteiger partial charge in [-0.05, 0) is 32.9 Å². The molecule has 0 radical (unpaired) electrons. The summed E-state index contributed by atoms with van der Waals surface area (Å²) >= 11 is 0. The Bertz CT molecular complexity index is 681. The summed E-state index contributed by atoms with van der Waals surface area (Å²) < 4.78 is 11.0. The number of likely N-dealkylation sites (N-methyl/N-ethyl adjacent to an activating group) is 1. The number of ether oxygens (including phenoxy) is 2. The lowest BCUT2D eigenvalue weighted by atomic mass is 10.1. The van der Waals surface area contributed by atoms with Crippen molar-refractivity contribution in [3.63, 3.8) is 0 Å². The third-order valence-corrected chi connectivity index (χ3v) is 3.56. The van der Waals surface area contributed by atoms with Crippen LogP contribution in [0, 0.1) is 0 Å². The van der Waals surface area contributed by atoms with Crippen molar-refractivity contribution in [2.24, 2.45) is 5.10 Å². The van der Waals surface area contributed by atoms with Crippen molar-refractivity contribution in [1.82, 2.24) is 15.3 Å². The Labute approximate surface area is 152 Å². The van der Waals surface area contributed by atoms with E-state index >= 15 is 0 Å². The number of hydrogen-bond donors (Lipinski definition) is 1. The van der Waals surface area contributed by atoms with E-state index in [2.05, 4.69) is 15.4 Å². The topological polar surface area (TPSA) is 93.1 Å². The van der Waals surface area contributed by atoms with Crippen molar-refractivity contribution in [1.29, 1.82) is 0 Å². The van der Waals surface area contributed by atoms with Crippen LogP contribution in [0.3, 0.4) is 0 Å². The molecule has 0 aliphatic carbocycles. The van der Waals surface area contributed by atoms with Crippen molar-refractivity contribution in [3.05, 3.63) is 36.0 Å². The van der Waals surface area contributed by atoms with Crippen LogP contribution >= 0.6 is 0 Å². The fourth-order valence-electron chi connectivity index (χ4n) is 2.27. The lowest BCUT2D eigenvalue weighted by Crippen LogP contribution is -2.51. The monoisotopic (exact) mass is 360 g/mol. The maximum Gasteiger partial charge on any atom is 0.241 e. The zero-order chi connectivity index (χ0) is 19.0. The number of carbonyl (C=O) groups excluding carboxylic acids is 2. The molecule has 0 atom stereocenters. The Morgan fingerprint density at radius 3 is 2.77 bits per heavy atom. The first-order chi connectivity index (χ1) is 12.5. The second-order valence-corrected chi connectivity index (χ2v) is 6.07. The largest absolute Gasteiger partial charge is 0.466 e. The van der Waals surface area contributed by atoms with Gasteiger partial charge in [0.1, 0.15) is 6.54 Å². The highest BCUT2D eigenvalue weighted by Gasteiger charge is 2.36. The summed E-state index contributed by atoms with van der Waals surface area (Å²) in [5, 5.41) is 7.92. The molecule has 8 heteroatoms. The van der Waals surface area contributed by atoms with Gasteiger partial charge in [-0.1, -0.05) is 6.08 Å². The number of aromatic nitrogens is 1. The van der Waals surface area contributed by atoms with Crippen LogP contribution in [0.4, 0.5) is 0 Å². The van der Waals surface area contributed by atoms with Gasteiger partial charge in [-0.15, -0.1) is 0 Å². The average molecular weight is 360 g/mol. The zero-order valence-corrected chi connectivity index (χ0v) is 15.3. The Hall–Kier alpha value is -2.74. The number of amides is 2. The van der Waals surface area contributed by atoms with Crippen LogP contribution in [-0.4, -0.2) is 59.9 Å². The molecule has 1 aromatic heterocycles. The molecule has 0 aromatic carbocycles. The molecule has 2 heterocycles. The average Bonchev–Trinajstić information content (AvgIpc) is 2.60. The van der Waals surface area contributed by atoms with Gasteiger partial charge in [0.15, 0.2) is 5.60 Å². The first kappa shape index (κ1) is 19.6. The van der Waals surface area contributed by atoms with E-state index in [1.807, 2.05) is 20.8 Å². The summed E-state index contributed by atoms with van der Waals surface area (Å²) in [4.78, 5) is 27.2. The maximum absolute atomic E-state index is 11.7. The quantitative estimate of drug-likeness (QED) is 0.405. The summed E-state index contributed by atoms with van der Waals surface area (Å²) in [5.74, 6) is 0.218. The van der Waals surface area contributed by atoms with E-state index < -0.39 is 0 Å². The molecule has 8 nitrogen and oxygen atoms in total. The zero-order valence-electron chi connectivity index (χ0n) is 15.3. The SMILES string of the molecule is C/C=C\C(=N/N(C=O)CC(=O)NCC)c1ccc(OC2(C)COC2)nc1. The second-order valence-electron chi connectivity index (χ2n) is 6.07. The minimum Gasteiger partial charge on any atom is -0.466 e. The molecule has 0 bridgehead atoms. The van der Waals surface area contributed by atoms with Gasteiger partial charge >= 0.3 is 0 Å². The van der Waals surface area contributed by atoms with Gasteiger partial charge in [-0.2, -0.15) is 5.10 Å². The van der Waals surface area contributed by atoms with Crippen molar-refractivity contribution in [3.8, 4) is 5.88 Å². The smallest absolute Gasteiger partial charge is 0.241 e. The Balaban J connectivity index is 2.14. The van der Waals surface area contributed by atoms with E-state index in [0.717, 1.165) is 5.01 Å². The van der Waals surface area contributed by atoms with Crippen LogP contribution in [0.15, 0.2) is 35.6 Å². The predicted molar refractivity (Wildman–Crippen MR) is 96.9 cm³/mol. The summed E-state index contributed by atoms with van der Waals surface area (Å²) in [6.45, 7) is 7.03. The molecule has 140 valence electrons. The first-order valence-electron chi connectivity index (χ1n) is 8.43. The van der Waals surface area contributed by atoms with Gasteiger partial charge in [-0.25, -0.2) is 9.99 Å². The molecule has 1 aliphatic heterocycles. The molecule has 0 unspecified atom stereocenters. The van der Waals surface area contributed by atoms with Crippen LogP contribution < -0.4 is 10.1 Å². The lowest BCUT2D eigenvalue weighted by molar-refractivity contribution is -0.151. The molecule has 0 saturated carbocycles. The third kappa shape index (κ3) is 5.38. The van der Waals surface area contributed by atoms with Crippen LogP contribution in [0.2, 0.25) is 0 Å². The Morgan fingerprint density at radius 2 is 2.27 bits per heavy atom. The van der Waals surface area contributed by atoms with Crippen LogP contribution in [0.1, 0.15) is 26.3 Å². The summed E-state index contributed by atoms with van der Waals surface area (Å²) in [6.07, 6.45) is 5.67. The molecule has 2 amide bonds. The van der Waals surface area contributed by atoms with E-state index in [4.69, 9.17) is 9.47 Å². The number of nitrogens with zero attached hydrogens (tertiary/aromatic N) is 3. The molecule has 1 saturated heterocycles. The highest BCUT2D eigenvalue weighted by atomic mass is 16.6. The van der Waals surface area contributed by atoms with Gasteiger partial charge in [-0.3, -0.25) is 9.59 Å². The fraction of sp³-hybridized carbons (Fsp3) is 0.444. The van der Waals surface area contributed by atoms with Gasteiger partial charge in [0.05, 0.1) is 18.9 Å². The number of hydrazone groups is 1. The highest BCUT2D eigenvalue weighted by molar-refractivity contribution is 6.08. The fourth-order valence-corrected chi connectivity index (χ4v) is 2.27. The molecular weight excluding hydrogens is 336 g/mol. The standard InChI is InChI=1S/C18H24N4O4/c1-4-6-15(21-22(13-23)10-16(24)19-5-2)14-7-8-17(20-9-14)26-18(3)11-25-12-18/h4,6-9,13H,5,10-12H2,1-3H3,(H,19,24)/b6-4-,21-15+. The van der Waals surface area contributed by atoms with Crippen LogP contribution in [-0.2, 0) is 14.3 Å².